The molecule has 1 aromatic heterocycles. The highest BCUT2D eigenvalue weighted by Gasteiger charge is 2.43. The maximum atomic E-state index is 13.7. The molecule has 0 spiro atoms. The maximum Gasteiger partial charge on any atom is 0.282 e. The van der Waals surface area contributed by atoms with Crippen LogP contribution in [-0.2, 0) is 9.59 Å². The molecule has 1 aliphatic heterocycles. The highest BCUT2D eigenvalue weighted by molar-refractivity contribution is 7.11. The third-order valence-electron chi connectivity index (χ3n) is 5.08. The predicted molar refractivity (Wildman–Crippen MR) is 123 cm³/mol. The van der Waals surface area contributed by atoms with Crippen molar-refractivity contribution < 1.29 is 19.1 Å². The number of carbonyl (C=O) groups is 2. The standard InChI is InChI=1S/C24H22N2O4S/c1-4-25(16-9-6-5-7-10-16)22-21(20-11-8-12-31-20)23(27)26(24(22)28)17-13-18(29-2)15-19(14-17)30-3/h5-15H,4H2,1-3H3. The van der Waals surface area contributed by atoms with E-state index >= 15 is 0 Å². The van der Waals surface area contributed by atoms with Gasteiger partial charge in [0.05, 0.1) is 25.5 Å². The van der Waals surface area contributed by atoms with Crippen LogP contribution in [0.1, 0.15) is 11.8 Å². The number of anilines is 2. The first-order valence-electron chi connectivity index (χ1n) is 9.81. The molecule has 2 amide bonds. The quantitative estimate of drug-likeness (QED) is 0.510. The lowest BCUT2D eigenvalue weighted by atomic mass is 10.1. The van der Waals surface area contributed by atoms with E-state index < -0.39 is 0 Å². The first kappa shape index (κ1) is 20.7. The minimum atomic E-state index is -0.380. The van der Waals surface area contributed by atoms with Gasteiger partial charge in [-0.25, -0.2) is 4.90 Å². The van der Waals surface area contributed by atoms with E-state index in [0.29, 0.717) is 35.0 Å². The Morgan fingerprint density at radius 1 is 0.903 bits per heavy atom. The van der Waals surface area contributed by atoms with Gasteiger partial charge in [0.25, 0.3) is 11.8 Å². The first-order chi connectivity index (χ1) is 15.1. The van der Waals surface area contributed by atoms with Crippen LogP contribution in [0.25, 0.3) is 5.57 Å². The van der Waals surface area contributed by atoms with Crippen molar-refractivity contribution in [2.75, 3.05) is 30.6 Å². The summed E-state index contributed by atoms with van der Waals surface area (Å²) in [5.74, 6) is 0.245. The molecule has 0 radical (unpaired) electrons. The van der Waals surface area contributed by atoms with Crippen LogP contribution in [-0.4, -0.2) is 32.6 Å². The van der Waals surface area contributed by atoms with Crippen LogP contribution in [0.2, 0.25) is 0 Å². The van der Waals surface area contributed by atoms with Gasteiger partial charge in [-0.15, -0.1) is 11.3 Å². The van der Waals surface area contributed by atoms with E-state index in [9.17, 15) is 9.59 Å². The molecule has 2 heterocycles. The molecule has 3 aromatic rings. The summed E-state index contributed by atoms with van der Waals surface area (Å²) in [5, 5.41) is 1.90. The predicted octanol–water partition coefficient (Wildman–Crippen LogP) is 4.58. The Labute approximate surface area is 184 Å². The van der Waals surface area contributed by atoms with E-state index in [1.54, 1.807) is 18.2 Å². The zero-order valence-corrected chi connectivity index (χ0v) is 18.3. The molecule has 0 saturated carbocycles. The van der Waals surface area contributed by atoms with Gasteiger partial charge in [-0.1, -0.05) is 24.3 Å². The van der Waals surface area contributed by atoms with Crippen LogP contribution < -0.4 is 19.3 Å². The monoisotopic (exact) mass is 434 g/mol. The maximum absolute atomic E-state index is 13.7. The Morgan fingerprint density at radius 3 is 2.13 bits per heavy atom. The lowest BCUT2D eigenvalue weighted by molar-refractivity contribution is -0.120. The molecular formula is C24H22N2O4S. The normalized spacial score (nSPS) is 13.7. The van der Waals surface area contributed by atoms with Crippen LogP contribution >= 0.6 is 11.3 Å². The highest BCUT2D eigenvalue weighted by Crippen LogP contribution is 2.39. The van der Waals surface area contributed by atoms with Gasteiger partial charge in [-0.05, 0) is 30.5 Å². The van der Waals surface area contributed by atoms with Crippen molar-refractivity contribution in [1.29, 1.82) is 0 Å². The number of ether oxygens (including phenoxy) is 2. The number of likely N-dealkylation sites (N-methyl/N-ethyl adjacent to an activating group) is 1. The molecule has 0 fully saturated rings. The number of hydrogen-bond donors (Lipinski definition) is 0. The Balaban J connectivity index is 1.88. The molecular weight excluding hydrogens is 412 g/mol. The molecule has 0 unspecified atom stereocenters. The second-order valence-corrected chi connectivity index (χ2v) is 7.74. The second kappa shape index (κ2) is 8.65. The number of methoxy groups -OCH3 is 2. The van der Waals surface area contributed by atoms with Crippen LogP contribution in [0.3, 0.4) is 0 Å². The molecule has 6 nitrogen and oxygen atoms in total. The number of benzene rings is 2. The summed E-state index contributed by atoms with van der Waals surface area (Å²) in [7, 11) is 3.06. The van der Waals surface area contributed by atoms with E-state index in [0.717, 1.165) is 10.6 Å². The van der Waals surface area contributed by atoms with Gasteiger partial charge in [0.15, 0.2) is 0 Å². The van der Waals surface area contributed by atoms with E-state index in [1.165, 1.54) is 30.5 Å². The van der Waals surface area contributed by atoms with E-state index in [4.69, 9.17) is 9.47 Å². The number of amides is 2. The average molecular weight is 435 g/mol. The Hall–Kier alpha value is -3.58. The SMILES string of the molecule is CCN(C1=C(c2cccs2)C(=O)N(c2cc(OC)cc(OC)c2)C1=O)c1ccccc1. The Bertz CT molecular complexity index is 1120. The molecule has 0 N–H and O–H groups in total. The van der Waals surface area contributed by atoms with E-state index in [-0.39, 0.29) is 11.8 Å². The van der Waals surface area contributed by atoms with Gasteiger partial charge in [-0.2, -0.15) is 0 Å². The van der Waals surface area contributed by atoms with Gasteiger partial charge in [0.1, 0.15) is 17.2 Å². The summed E-state index contributed by atoms with van der Waals surface area (Å²) in [6.07, 6.45) is 0. The summed E-state index contributed by atoms with van der Waals surface area (Å²) in [5.41, 5.74) is 2.01. The second-order valence-electron chi connectivity index (χ2n) is 6.80. The Morgan fingerprint density at radius 2 is 1.58 bits per heavy atom. The zero-order chi connectivity index (χ0) is 22.0. The molecule has 1 aliphatic rings. The fourth-order valence-electron chi connectivity index (χ4n) is 3.65. The first-order valence-corrected chi connectivity index (χ1v) is 10.7. The number of hydrogen-bond acceptors (Lipinski definition) is 6. The molecule has 31 heavy (non-hydrogen) atoms. The van der Waals surface area contributed by atoms with Gasteiger partial charge in [-0.3, -0.25) is 9.59 Å². The van der Waals surface area contributed by atoms with Gasteiger partial charge in [0, 0.05) is 35.3 Å². The highest BCUT2D eigenvalue weighted by atomic mass is 32.1. The van der Waals surface area contributed by atoms with Gasteiger partial charge >= 0.3 is 0 Å². The van der Waals surface area contributed by atoms with Crippen LogP contribution in [0.4, 0.5) is 11.4 Å². The van der Waals surface area contributed by atoms with Crippen molar-refractivity contribution in [3.63, 3.8) is 0 Å². The number of imide groups is 1. The van der Waals surface area contributed by atoms with Crippen molar-refractivity contribution in [2.45, 2.75) is 6.92 Å². The summed E-state index contributed by atoms with van der Waals surface area (Å²) in [6, 6.07) is 18.4. The minimum absolute atomic E-state index is 0.364. The number of para-hydroxylation sites is 1. The molecule has 2 aromatic carbocycles. The third kappa shape index (κ3) is 3.68. The fourth-order valence-corrected chi connectivity index (χ4v) is 4.41. The van der Waals surface area contributed by atoms with Crippen LogP contribution in [0.15, 0.2) is 71.7 Å². The summed E-state index contributed by atoms with van der Waals surface area (Å²) in [4.78, 5) is 31.2. The molecule has 0 bridgehead atoms. The molecule has 0 atom stereocenters. The summed E-state index contributed by atoms with van der Waals surface area (Å²) >= 11 is 1.43. The van der Waals surface area contributed by atoms with Crippen molar-refractivity contribution in [1.82, 2.24) is 0 Å². The molecule has 0 aliphatic carbocycles. The van der Waals surface area contributed by atoms with Crippen LogP contribution in [0, 0.1) is 0 Å². The van der Waals surface area contributed by atoms with Crippen molar-refractivity contribution in [2.24, 2.45) is 0 Å². The largest absolute Gasteiger partial charge is 0.497 e. The average Bonchev–Trinajstić information content (AvgIpc) is 3.41. The zero-order valence-electron chi connectivity index (χ0n) is 17.5. The van der Waals surface area contributed by atoms with Crippen molar-refractivity contribution >= 4 is 40.1 Å². The van der Waals surface area contributed by atoms with Crippen LogP contribution in [0.5, 0.6) is 11.5 Å². The Kier molecular flexibility index (Phi) is 5.77. The topological polar surface area (TPSA) is 59.1 Å². The smallest absolute Gasteiger partial charge is 0.282 e. The number of thiophene rings is 1. The van der Waals surface area contributed by atoms with Crippen molar-refractivity contribution in [3.05, 3.63) is 76.6 Å². The minimum Gasteiger partial charge on any atom is -0.497 e. The number of rotatable bonds is 7. The van der Waals surface area contributed by atoms with Crippen molar-refractivity contribution in [3.8, 4) is 11.5 Å². The molecule has 0 saturated heterocycles. The lowest BCUT2D eigenvalue weighted by Crippen LogP contribution is -2.35. The summed E-state index contributed by atoms with van der Waals surface area (Å²) in [6.45, 7) is 2.49. The number of nitrogens with zero attached hydrogens (tertiary/aromatic N) is 2. The van der Waals surface area contributed by atoms with E-state index in [1.807, 2.05) is 59.7 Å². The summed E-state index contributed by atoms with van der Waals surface area (Å²) < 4.78 is 10.7. The molecule has 158 valence electrons. The van der Waals surface area contributed by atoms with Gasteiger partial charge < -0.3 is 14.4 Å². The van der Waals surface area contributed by atoms with E-state index in [2.05, 4.69) is 0 Å². The van der Waals surface area contributed by atoms with Gasteiger partial charge in [0.2, 0.25) is 0 Å². The lowest BCUT2D eigenvalue weighted by Gasteiger charge is -2.25. The molecule has 4 rings (SSSR count). The molecule has 7 heteroatoms. The fraction of sp³-hybridized carbons (Fsp3) is 0.167. The number of carbonyl (C=O) groups excluding carboxylic acids is 2. The third-order valence-corrected chi connectivity index (χ3v) is 5.96.